The molecule has 0 radical (unpaired) electrons. The van der Waals surface area contributed by atoms with Crippen molar-refractivity contribution < 1.29 is 19.1 Å². The number of rotatable bonds is 5. The number of aliphatic hydroxyl groups is 1. The molecule has 150 valence electrons. The molecule has 0 spiro atoms. The van der Waals surface area contributed by atoms with Crippen LogP contribution in [0.4, 0.5) is 4.79 Å². The first-order valence-electron chi connectivity index (χ1n) is 9.58. The Bertz CT molecular complexity index is 639. The van der Waals surface area contributed by atoms with Gasteiger partial charge in [-0.05, 0) is 36.5 Å². The van der Waals surface area contributed by atoms with Crippen LogP contribution >= 0.6 is 0 Å². The molecule has 27 heavy (non-hydrogen) atoms. The second-order valence-electron chi connectivity index (χ2n) is 8.71. The quantitative estimate of drug-likeness (QED) is 0.577. The van der Waals surface area contributed by atoms with E-state index in [0.29, 0.717) is 12.8 Å². The maximum atomic E-state index is 12.2. The topological polar surface area (TPSA) is 67.8 Å². The van der Waals surface area contributed by atoms with Crippen molar-refractivity contribution in [1.29, 1.82) is 0 Å². The van der Waals surface area contributed by atoms with E-state index in [1.54, 1.807) is 6.08 Å². The summed E-state index contributed by atoms with van der Waals surface area (Å²) < 4.78 is 11.7. The van der Waals surface area contributed by atoms with Gasteiger partial charge in [0.25, 0.3) is 0 Å². The van der Waals surface area contributed by atoms with Gasteiger partial charge < -0.3 is 19.6 Å². The molecule has 1 aliphatic carbocycles. The van der Waals surface area contributed by atoms with E-state index in [4.69, 9.17) is 9.16 Å². The first-order valence-corrected chi connectivity index (χ1v) is 12.5. The van der Waals surface area contributed by atoms with Crippen LogP contribution in [0, 0.1) is 0 Å². The van der Waals surface area contributed by atoms with Crippen LogP contribution in [0.25, 0.3) is 0 Å². The predicted molar refractivity (Wildman–Crippen MR) is 110 cm³/mol. The van der Waals surface area contributed by atoms with Crippen molar-refractivity contribution in [2.45, 2.75) is 76.6 Å². The van der Waals surface area contributed by atoms with Crippen molar-refractivity contribution in [2.24, 2.45) is 0 Å². The lowest BCUT2D eigenvalue weighted by molar-refractivity contribution is 0.0464. The summed E-state index contributed by atoms with van der Waals surface area (Å²) in [4.78, 5) is 12.2. The summed E-state index contributed by atoms with van der Waals surface area (Å²) in [5.74, 6) is 0. The third-order valence-electron chi connectivity index (χ3n) is 5.44. The second-order valence-corrected chi connectivity index (χ2v) is 13.5. The minimum atomic E-state index is -2.02. The van der Waals surface area contributed by atoms with Crippen molar-refractivity contribution in [1.82, 2.24) is 5.32 Å². The van der Waals surface area contributed by atoms with E-state index in [0.717, 1.165) is 5.56 Å². The molecule has 5 nitrogen and oxygen atoms in total. The molecule has 6 heteroatoms. The number of aliphatic hydroxyl groups excluding tert-OH is 1. The smallest absolute Gasteiger partial charge is 0.407 e. The van der Waals surface area contributed by atoms with E-state index < -0.39 is 20.5 Å². The van der Waals surface area contributed by atoms with Gasteiger partial charge in [0.2, 0.25) is 0 Å². The van der Waals surface area contributed by atoms with Crippen molar-refractivity contribution in [3.63, 3.8) is 0 Å². The van der Waals surface area contributed by atoms with Crippen LogP contribution in [-0.2, 0) is 15.8 Å². The highest BCUT2D eigenvalue weighted by atomic mass is 28.4. The van der Waals surface area contributed by atoms with E-state index in [1.165, 1.54) is 0 Å². The van der Waals surface area contributed by atoms with Gasteiger partial charge in [0.15, 0.2) is 8.32 Å². The zero-order valence-electron chi connectivity index (χ0n) is 17.1. The molecule has 1 aromatic carbocycles. The van der Waals surface area contributed by atoms with Gasteiger partial charge >= 0.3 is 6.09 Å². The summed E-state index contributed by atoms with van der Waals surface area (Å²) in [5, 5.41) is 13.4. The largest absolute Gasteiger partial charge is 0.445 e. The van der Waals surface area contributed by atoms with Crippen LogP contribution in [0.1, 0.15) is 39.2 Å². The molecule has 0 heterocycles. The van der Waals surface area contributed by atoms with Gasteiger partial charge in [0.1, 0.15) is 6.61 Å². The van der Waals surface area contributed by atoms with Crippen LogP contribution in [0.15, 0.2) is 42.5 Å². The van der Waals surface area contributed by atoms with Gasteiger partial charge in [-0.1, -0.05) is 63.3 Å². The summed E-state index contributed by atoms with van der Waals surface area (Å²) in [6.45, 7) is 11.1. The number of hydrogen-bond donors (Lipinski definition) is 2. The van der Waals surface area contributed by atoms with Crippen LogP contribution in [0.5, 0.6) is 0 Å². The second kappa shape index (κ2) is 9.04. The summed E-state index contributed by atoms with van der Waals surface area (Å²) in [7, 11) is -2.02. The standard InChI is InChI=1S/C21H33NO4Si/c1-21(2,3)27(4,5)26-19-14-17(12-9-13-18(19)23)22-20(24)25-15-16-10-7-6-8-11-16/h6-11,13,17-19,23H,12,14-15H2,1-5H3,(H,22,24)/t17-,18-,19-/m1/s1. The molecule has 1 aliphatic rings. The molecule has 0 unspecified atom stereocenters. The molecule has 0 saturated carbocycles. The number of carbonyl (C=O) groups excluding carboxylic acids is 1. The Kier molecular flexibility index (Phi) is 7.25. The zero-order valence-corrected chi connectivity index (χ0v) is 18.1. The highest BCUT2D eigenvalue weighted by Gasteiger charge is 2.41. The number of carbonyl (C=O) groups is 1. The number of amides is 1. The van der Waals surface area contributed by atoms with Crippen LogP contribution < -0.4 is 5.32 Å². The zero-order chi connectivity index (χ0) is 20.1. The lowest BCUT2D eigenvalue weighted by Crippen LogP contribution is -2.48. The first kappa shape index (κ1) is 21.7. The number of alkyl carbamates (subject to hydrolysis) is 1. The molecule has 0 fully saturated rings. The molecule has 0 aromatic heterocycles. The van der Waals surface area contributed by atoms with Crippen LogP contribution in [-0.4, -0.2) is 37.8 Å². The van der Waals surface area contributed by atoms with Crippen molar-refractivity contribution in [3.05, 3.63) is 48.0 Å². The minimum absolute atomic E-state index is 0.0558. The van der Waals surface area contributed by atoms with Crippen molar-refractivity contribution in [2.75, 3.05) is 0 Å². The Hall–Kier alpha value is -1.63. The predicted octanol–water partition coefficient (Wildman–Crippen LogP) is 4.38. The number of benzene rings is 1. The summed E-state index contributed by atoms with van der Waals surface area (Å²) in [6, 6.07) is 9.46. The fourth-order valence-electron chi connectivity index (χ4n) is 2.74. The Morgan fingerprint density at radius 2 is 1.93 bits per heavy atom. The van der Waals surface area contributed by atoms with Gasteiger partial charge in [-0.2, -0.15) is 0 Å². The third-order valence-corrected chi connectivity index (χ3v) is 9.94. The molecule has 2 N–H and O–H groups in total. The van der Waals surface area contributed by atoms with Crippen LogP contribution in [0.3, 0.4) is 0 Å². The Morgan fingerprint density at radius 1 is 1.26 bits per heavy atom. The van der Waals surface area contributed by atoms with E-state index in [9.17, 15) is 9.90 Å². The maximum absolute atomic E-state index is 12.2. The van der Waals surface area contributed by atoms with Gasteiger partial charge in [0, 0.05) is 6.04 Å². The van der Waals surface area contributed by atoms with E-state index in [1.807, 2.05) is 36.4 Å². The Labute approximate surface area is 163 Å². The van der Waals surface area contributed by atoms with E-state index >= 15 is 0 Å². The molecule has 0 aliphatic heterocycles. The maximum Gasteiger partial charge on any atom is 0.407 e. The molecular weight excluding hydrogens is 358 g/mol. The van der Waals surface area contributed by atoms with Gasteiger partial charge in [0.05, 0.1) is 12.2 Å². The summed E-state index contributed by atoms with van der Waals surface area (Å²) in [5.41, 5.74) is 0.947. The highest BCUT2D eigenvalue weighted by Crippen LogP contribution is 2.38. The molecule has 1 amide bonds. The Morgan fingerprint density at radius 3 is 2.56 bits per heavy atom. The van der Waals surface area contributed by atoms with Gasteiger partial charge in [-0.15, -0.1) is 0 Å². The molecular formula is C21H33NO4Si. The van der Waals surface area contributed by atoms with Gasteiger partial charge in [-0.3, -0.25) is 0 Å². The van der Waals surface area contributed by atoms with Crippen molar-refractivity contribution >= 4 is 14.4 Å². The van der Waals surface area contributed by atoms with E-state index in [2.05, 4.69) is 39.2 Å². The monoisotopic (exact) mass is 391 g/mol. The number of nitrogens with one attached hydrogen (secondary N) is 1. The lowest BCUT2D eigenvalue weighted by Gasteiger charge is -2.40. The summed E-state index contributed by atoms with van der Waals surface area (Å²) in [6.07, 6.45) is 3.45. The SMILES string of the molecule is CC(C)(C)[Si](C)(C)O[C@@H]1C[C@H](NC(=O)OCc2ccccc2)CC=C[C@H]1O. The minimum Gasteiger partial charge on any atom is -0.445 e. The van der Waals surface area contributed by atoms with Crippen molar-refractivity contribution in [3.8, 4) is 0 Å². The molecule has 2 rings (SSSR count). The normalized spacial score (nSPS) is 23.6. The average molecular weight is 392 g/mol. The molecule has 3 atom stereocenters. The molecule has 1 aromatic rings. The number of ether oxygens (including phenoxy) is 1. The van der Waals surface area contributed by atoms with Crippen LogP contribution in [0.2, 0.25) is 18.1 Å². The third kappa shape index (κ3) is 6.48. The highest BCUT2D eigenvalue weighted by molar-refractivity contribution is 6.74. The first-order chi connectivity index (χ1) is 12.6. The lowest BCUT2D eigenvalue weighted by atomic mass is 10.1. The average Bonchev–Trinajstić information content (AvgIpc) is 2.74. The molecule has 0 saturated heterocycles. The summed E-state index contributed by atoms with van der Waals surface area (Å²) >= 11 is 0. The number of hydrogen-bond acceptors (Lipinski definition) is 4. The van der Waals surface area contributed by atoms with Gasteiger partial charge in [-0.25, -0.2) is 4.79 Å². The molecule has 0 bridgehead atoms. The van der Waals surface area contributed by atoms with E-state index in [-0.39, 0.29) is 23.8 Å². The fourth-order valence-corrected chi connectivity index (χ4v) is 4.09. The fraction of sp³-hybridized carbons (Fsp3) is 0.571. The Balaban J connectivity index is 1.93.